The Morgan fingerprint density at radius 3 is 2.77 bits per heavy atom. The molecule has 7 heteroatoms. The molecule has 1 N–H and O–H groups in total. The number of Topliss-reactive ketones (excluding diaryl/α,β-unsaturated/α-hetero) is 1. The molecular formula is C19H15F3N2O2. The second-order valence-electron chi connectivity index (χ2n) is 5.87. The molecule has 0 fully saturated rings. The number of aromatic hydroxyl groups is 1. The van der Waals surface area contributed by atoms with Gasteiger partial charge in [0.1, 0.15) is 17.3 Å². The number of rotatable bonds is 3. The van der Waals surface area contributed by atoms with Crippen molar-refractivity contribution in [3.63, 3.8) is 0 Å². The van der Waals surface area contributed by atoms with Crippen molar-refractivity contribution >= 4 is 24.0 Å². The molecule has 0 radical (unpaired) electrons. The molecule has 1 heterocycles. The minimum atomic E-state index is -1.94. The van der Waals surface area contributed by atoms with Gasteiger partial charge in [-0.15, -0.1) is 0 Å². The van der Waals surface area contributed by atoms with Crippen molar-refractivity contribution in [1.82, 2.24) is 9.55 Å². The van der Waals surface area contributed by atoms with E-state index in [1.54, 1.807) is 31.3 Å². The highest BCUT2D eigenvalue weighted by Gasteiger charge is 2.28. The van der Waals surface area contributed by atoms with Gasteiger partial charge in [-0.1, -0.05) is 18.2 Å². The molecule has 134 valence electrons. The molecule has 0 aliphatic heterocycles. The quantitative estimate of drug-likeness (QED) is 0.901. The number of nitrogens with zero attached hydrogens (tertiary/aromatic N) is 2. The molecular weight excluding hydrogens is 345 g/mol. The molecule has 0 saturated carbocycles. The van der Waals surface area contributed by atoms with Gasteiger partial charge in [0.15, 0.2) is 12.0 Å². The lowest BCUT2D eigenvalue weighted by atomic mass is 9.97. The number of hydrogen-bond donors (Lipinski definition) is 1. The number of allylic oxidation sites excluding steroid dienone is 3. The van der Waals surface area contributed by atoms with E-state index in [-0.39, 0.29) is 29.4 Å². The van der Waals surface area contributed by atoms with Crippen molar-refractivity contribution in [2.24, 2.45) is 7.05 Å². The van der Waals surface area contributed by atoms with Crippen LogP contribution in [0.2, 0.25) is 0 Å². The van der Waals surface area contributed by atoms with E-state index < -0.39 is 17.8 Å². The molecule has 0 saturated heterocycles. The van der Waals surface area contributed by atoms with E-state index >= 15 is 0 Å². The lowest BCUT2D eigenvalue weighted by molar-refractivity contribution is -0.121. The normalized spacial score (nSPS) is 19.4. The van der Waals surface area contributed by atoms with Crippen LogP contribution in [0, 0.1) is 5.82 Å². The van der Waals surface area contributed by atoms with Gasteiger partial charge in [-0.3, -0.25) is 9.36 Å². The van der Waals surface area contributed by atoms with Gasteiger partial charge < -0.3 is 5.11 Å². The van der Waals surface area contributed by atoms with Gasteiger partial charge in [0.2, 0.25) is 11.7 Å². The van der Waals surface area contributed by atoms with Gasteiger partial charge in [-0.25, -0.2) is 18.2 Å². The first-order valence-corrected chi connectivity index (χ1v) is 7.80. The predicted molar refractivity (Wildman–Crippen MR) is 91.9 cm³/mol. The Hall–Kier alpha value is -3.09. The molecule has 4 nitrogen and oxygen atoms in total. The zero-order valence-corrected chi connectivity index (χ0v) is 13.8. The van der Waals surface area contributed by atoms with Gasteiger partial charge in [-0.2, -0.15) is 0 Å². The van der Waals surface area contributed by atoms with Crippen LogP contribution in [0.5, 0.6) is 5.88 Å². The molecule has 26 heavy (non-hydrogen) atoms. The number of carbonyl (C=O) groups excluding carboxylic acids is 1. The number of halogens is 3. The third-order valence-corrected chi connectivity index (χ3v) is 3.97. The first-order chi connectivity index (χ1) is 12.3. The molecule has 3 rings (SSSR count). The Bertz CT molecular complexity index is 958. The lowest BCUT2D eigenvalue weighted by Crippen LogP contribution is -2.20. The minimum absolute atomic E-state index is 0.118. The van der Waals surface area contributed by atoms with Crippen LogP contribution < -0.4 is 0 Å². The Labute approximate surface area is 147 Å². The first-order valence-electron chi connectivity index (χ1n) is 7.80. The molecule has 1 aromatic heterocycles. The van der Waals surface area contributed by atoms with Gasteiger partial charge in [0.25, 0.3) is 0 Å². The molecule has 1 aliphatic rings. The summed E-state index contributed by atoms with van der Waals surface area (Å²) in [6, 6.07) is 5.95. The lowest BCUT2D eigenvalue weighted by Gasteiger charge is -2.12. The maximum Gasteiger partial charge on any atom is 0.225 e. The fourth-order valence-electron chi connectivity index (χ4n) is 2.57. The van der Waals surface area contributed by atoms with Crippen LogP contribution in [-0.2, 0) is 11.8 Å². The van der Waals surface area contributed by atoms with Crippen LogP contribution in [-0.4, -0.2) is 26.6 Å². The highest BCUT2D eigenvalue weighted by atomic mass is 19.1. The Morgan fingerprint density at radius 1 is 1.31 bits per heavy atom. The molecule has 0 spiro atoms. The monoisotopic (exact) mass is 360 g/mol. The second kappa shape index (κ2) is 7.03. The van der Waals surface area contributed by atoms with Crippen molar-refractivity contribution in [2.45, 2.75) is 12.6 Å². The van der Waals surface area contributed by atoms with Crippen molar-refractivity contribution in [2.75, 3.05) is 0 Å². The number of benzene rings is 1. The largest absolute Gasteiger partial charge is 0.493 e. The summed E-state index contributed by atoms with van der Waals surface area (Å²) >= 11 is 0. The Kier molecular flexibility index (Phi) is 4.79. The number of alkyl halides is 1. The highest BCUT2D eigenvalue weighted by molar-refractivity contribution is 5.99. The van der Waals surface area contributed by atoms with E-state index in [0.717, 1.165) is 6.08 Å². The van der Waals surface area contributed by atoms with E-state index in [2.05, 4.69) is 4.98 Å². The van der Waals surface area contributed by atoms with Crippen LogP contribution in [0.3, 0.4) is 0 Å². The Balaban J connectivity index is 1.91. The molecule has 2 aromatic rings. The van der Waals surface area contributed by atoms with Crippen molar-refractivity contribution in [1.29, 1.82) is 0 Å². The van der Waals surface area contributed by atoms with E-state index in [1.807, 2.05) is 0 Å². The number of carbonyl (C=O) groups is 1. The third kappa shape index (κ3) is 3.61. The molecule has 1 atom stereocenters. The van der Waals surface area contributed by atoms with Gasteiger partial charge in [0, 0.05) is 13.5 Å². The van der Waals surface area contributed by atoms with Crippen LogP contribution in [0.15, 0.2) is 41.7 Å². The fraction of sp³-hybridized carbons (Fsp3) is 0.158. The number of ketones is 1. The van der Waals surface area contributed by atoms with E-state index in [9.17, 15) is 23.1 Å². The summed E-state index contributed by atoms with van der Waals surface area (Å²) in [5.74, 6) is -2.53. The zero-order chi connectivity index (χ0) is 18.8. The van der Waals surface area contributed by atoms with Crippen LogP contribution in [0.25, 0.3) is 18.2 Å². The first kappa shape index (κ1) is 17.7. The summed E-state index contributed by atoms with van der Waals surface area (Å²) in [7, 11) is 1.56. The van der Waals surface area contributed by atoms with Crippen LogP contribution in [0.1, 0.15) is 23.5 Å². The number of imidazole rings is 1. The van der Waals surface area contributed by atoms with Crippen LogP contribution in [0.4, 0.5) is 13.2 Å². The summed E-state index contributed by atoms with van der Waals surface area (Å²) in [6.07, 6.45) is 3.25. The van der Waals surface area contributed by atoms with E-state index in [4.69, 9.17) is 0 Å². The van der Waals surface area contributed by atoms with Gasteiger partial charge in [-0.05, 0) is 41.5 Å². The predicted octanol–water partition coefficient (Wildman–Crippen LogP) is 3.98. The van der Waals surface area contributed by atoms with E-state index in [1.165, 1.54) is 22.8 Å². The zero-order valence-electron chi connectivity index (χ0n) is 13.8. The summed E-state index contributed by atoms with van der Waals surface area (Å²) in [5, 5.41) is 10.2. The minimum Gasteiger partial charge on any atom is -0.493 e. The fourth-order valence-corrected chi connectivity index (χ4v) is 2.57. The highest BCUT2D eigenvalue weighted by Crippen LogP contribution is 2.28. The number of hydrogen-bond acceptors (Lipinski definition) is 3. The molecule has 0 amide bonds. The van der Waals surface area contributed by atoms with Gasteiger partial charge in [0.05, 0.1) is 0 Å². The van der Waals surface area contributed by atoms with Crippen molar-refractivity contribution in [3.8, 4) is 5.88 Å². The third-order valence-electron chi connectivity index (χ3n) is 3.97. The molecule has 0 bridgehead atoms. The molecule has 1 aromatic carbocycles. The SMILES string of the molecule is Cn1c(/C=C/c2cccc(F)c2)nc(C=C2C=C(F)C(=O)C(F)C2)c1O. The number of aromatic nitrogens is 2. The second-order valence-corrected chi connectivity index (χ2v) is 5.87. The summed E-state index contributed by atoms with van der Waals surface area (Å²) in [5.41, 5.74) is 0.944. The summed E-state index contributed by atoms with van der Waals surface area (Å²) in [6.45, 7) is 0. The smallest absolute Gasteiger partial charge is 0.225 e. The van der Waals surface area contributed by atoms with Crippen LogP contribution >= 0.6 is 0 Å². The summed E-state index contributed by atoms with van der Waals surface area (Å²) in [4.78, 5) is 15.3. The maximum atomic E-state index is 13.5. The van der Waals surface area contributed by atoms with E-state index in [0.29, 0.717) is 11.4 Å². The average Bonchev–Trinajstić information content (AvgIpc) is 2.86. The average molecular weight is 360 g/mol. The maximum absolute atomic E-state index is 13.5. The standard InChI is InChI=1S/C19H15F3N2O2/c1-24-17(6-5-11-3-2-4-13(20)7-11)23-16(19(24)26)10-12-8-14(21)18(25)15(22)9-12/h2-8,10,15,26H,9H2,1H3/b6-5+,12-10?. The Morgan fingerprint density at radius 2 is 2.08 bits per heavy atom. The summed E-state index contributed by atoms with van der Waals surface area (Å²) < 4.78 is 41.5. The molecule has 1 aliphatic carbocycles. The topological polar surface area (TPSA) is 55.1 Å². The molecule has 1 unspecified atom stereocenters. The van der Waals surface area contributed by atoms with Gasteiger partial charge >= 0.3 is 0 Å². The van der Waals surface area contributed by atoms with Crippen molar-refractivity contribution < 1.29 is 23.1 Å². The van der Waals surface area contributed by atoms with Crippen molar-refractivity contribution in [3.05, 3.63) is 64.6 Å².